The molecule has 2 aromatic heterocycles. The number of pyridine rings is 2. The number of hydrogen-bond donors (Lipinski definition) is 1. The minimum absolute atomic E-state index is 0.00481. The molecule has 0 radical (unpaired) electrons. The zero-order valence-corrected chi connectivity index (χ0v) is 16.4. The van der Waals surface area contributed by atoms with Crippen molar-refractivity contribution in [1.82, 2.24) is 14.9 Å². The van der Waals surface area contributed by atoms with Crippen LogP contribution in [0.4, 0.5) is 0 Å². The number of aromatic nitrogens is 2. The van der Waals surface area contributed by atoms with Crippen molar-refractivity contribution in [3.8, 4) is 5.75 Å². The van der Waals surface area contributed by atoms with Crippen LogP contribution in [0.5, 0.6) is 5.75 Å². The molecular weight excluding hydrogens is 366 g/mol. The van der Waals surface area contributed by atoms with Crippen LogP contribution in [0.3, 0.4) is 0 Å². The van der Waals surface area contributed by atoms with Crippen molar-refractivity contribution >= 4 is 5.78 Å². The van der Waals surface area contributed by atoms with Gasteiger partial charge in [0, 0.05) is 30.6 Å². The third kappa shape index (κ3) is 4.60. The van der Waals surface area contributed by atoms with Crippen molar-refractivity contribution in [2.75, 3.05) is 6.54 Å². The number of aryl methyl sites for hydroxylation is 1. The van der Waals surface area contributed by atoms with Gasteiger partial charge < -0.3 is 14.6 Å². The van der Waals surface area contributed by atoms with Gasteiger partial charge in [0.05, 0.1) is 12.2 Å². The number of Topliss-reactive ketones (excluding diaryl/α,β-unsaturated/α-hetero) is 1. The van der Waals surface area contributed by atoms with E-state index < -0.39 is 0 Å². The highest BCUT2D eigenvalue weighted by Crippen LogP contribution is 2.17. The first-order valence-electron chi connectivity index (χ1n) is 9.69. The second-order valence-corrected chi connectivity index (χ2v) is 7.28. The van der Waals surface area contributed by atoms with Gasteiger partial charge in [-0.25, -0.2) is 0 Å². The van der Waals surface area contributed by atoms with Gasteiger partial charge in [-0.1, -0.05) is 18.2 Å². The summed E-state index contributed by atoms with van der Waals surface area (Å²) in [5, 5.41) is 3.31. The first-order valence-corrected chi connectivity index (χ1v) is 9.69. The molecule has 0 saturated heterocycles. The van der Waals surface area contributed by atoms with E-state index in [1.54, 1.807) is 18.5 Å². The molecule has 3 heterocycles. The van der Waals surface area contributed by atoms with Gasteiger partial charge in [-0.3, -0.25) is 14.6 Å². The second-order valence-electron chi connectivity index (χ2n) is 7.28. The van der Waals surface area contributed by atoms with Gasteiger partial charge in [0.2, 0.25) is 0 Å². The Hall–Kier alpha value is -3.25. The Morgan fingerprint density at radius 3 is 2.86 bits per heavy atom. The standard InChI is InChI=1S/C23H23N3O3/c1-16-2-5-20(25-12-16)15-29-21-7-9-26(23(28)11-21)14-22(27)18-4-3-17-6-8-24-13-19(17)10-18/h2-5,7,9-12,24H,6,8,13-15H2,1H3. The number of rotatable bonds is 6. The molecule has 3 aromatic rings. The predicted molar refractivity (Wildman–Crippen MR) is 110 cm³/mol. The summed E-state index contributed by atoms with van der Waals surface area (Å²) in [6, 6.07) is 12.8. The molecule has 0 unspecified atom stereocenters. The zero-order valence-electron chi connectivity index (χ0n) is 16.4. The maximum atomic E-state index is 12.7. The molecule has 1 aliphatic heterocycles. The van der Waals surface area contributed by atoms with Crippen molar-refractivity contribution in [1.29, 1.82) is 0 Å². The highest BCUT2D eigenvalue weighted by molar-refractivity contribution is 5.96. The van der Waals surface area contributed by atoms with Crippen LogP contribution in [0, 0.1) is 6.92 Å². The van der Waals surface area contributed by atoms with E-state index in [-0.39, 0.29) is 24.5 Å². The minimum Gasteiger partial charge on any atom is -0.487 e. The molecule has 29 heavy (non-hydrogen) atoms. The smallest absolute Gasteiger partial charge is 0.254 e. The van der Waals surface area contributed by atoms with Crippen LogP contribution < -0.4 is 15.6 Å². The number of ether oxygens (including phenoxy) is 1. The Bertz CT molecular complexity index is 1090. The SMILES string of the molecule is Cc1ccc(COc2ccn(CC(=O)c3ccc4c(c3)CNCC4)c(=O)c2)nc1. The van der Waals surface area contributed by atoms with Crippen LogP contribution in [0.2, 0.25) is 0 Å². The number of carbonyl (C=O) groups excluding carboxylic acids is 1. The molecule has 4 rings (SSSR count). The lowest BCUT2D eigenvalue weighted by Gasteiger charge is -2.17. The van der Waals surface area contributed by atoms with Crippen LogP contribution in [0.15, 0.2) is 59.7 Å². The molecule has 0 amide bonds. The highest BCUT2D eigenvalue weighted by Gasteiger charge is 2.13. The molecular formula is C23H23N3O3. The highest BCUT2D eigenvalue weighted by atomic mass is 16.5. The fraction of sp³-hybridized carbons (Fsp3) is 0.261. The van der Waals surface area contributed by atoms with Crippen molar-refractivity contribution in [3.63, 3.8) is 0 Å². The first kappa shape index (κ1) is 19.1. The van der Waals surface area contributed by atoms with Crippen LogP contribution >= 0.6 is 0 Å². The molecule has 1 aliphatic rings. The number of nitrogens with one attached hydrogen (secondary N) is 1. The van der Waals surface area contributed by atoms with Crippen molar-refractivity contribution in [3.05, 3.63) is 93.2 Å². The molecule has 0 spiro atoms. The van der Waals surface area contributed by atoms with Crippen molar-refractivity contribution in [2.45, 2.75) is 33.0 Å². The van der Waals surface area contributed by atoms with Gasteiger partial charge in [-0.15, -0.1) is 0 Å². The molecule has 0 fully saturated rings. The van der Waals surface area contributed by atoms with Gasteiger partial charge in [0.25, 0.3) is 5.56 Å². The number of carbonyl (C=O) groups is 1. The molecule has 0 saturated carbocycles. The van der Waals surface area contributed by atoms with E-state index in [9.17, 15) is 9.59 Å². The summed E-state index contributed by atoms with van der Waals surface area (Å²) in [4.78, 5) is 29.3. The fourth-order valence-electron chi connectivity index (χ4n) is 3.35. The van der Waals surface area contributed by atoms with Gasteiger partial charge >= 0.3 is 0 Å². The molecule has 6 heteroatoms. The molecule has 1 N–H and O–H groups in total. The molecule has 0 aliphatic carbocycles. The first-order chi connectivity index (χ1) is 14.1. The molecule has 1 aromatic carbocycles. The predicted octanol–water partition coefficient (Wildman–Crippen LogP) is 2.66. The third-order valence-corrected chi connectivity index (χ3v) is 5.06. The summed E-state index contributed by atoms with van der Waals surface area (Å²) in [7, 11) is 0. The average molecular weight is 389 g/mol. The quantitative estimate of drug-likeness (QED) is 0.656. The summed E-state index contributed by atoms with van der Waals surface area (Å²) in [6.45, 7) is 4.00. The van der Waals surface area contributed by atoms with Gasteiger partial charge in [0.1, 0.15) is 12.4 Å². The fourth-order valence-corrected chi connectivity index (χ4v) is 3.35. The average Bonchev–Trinajstić information content (AvgIpc) is 2.74. The molecule has 6 nitrogen and oxygen atoms in total. The molecule has 0 bridgehead atoms. The minimum atomic E-state index is -0.271. The van der Waals surface area contributed by atoms with Crippen molar-refractivity contribution < 1.29 is 9.53 Å². The number of ketones is 1. The van der Waals surface area contributed by atoms with E-state index in [4.69, 9.17) is 4.74 Å². The largest absolute Gasteiger partial charge is 0.487 e. The van der Waals surface area contributed by atoms with E-state index in [2.05, 4.69) is 10.3 Å². The number of nitrogens with zero attached hydrogens (tertiary/aromatic N) is 2. The monoisotopic (exact) mass is 389 g/mol. The lowest BCUT2D eigenvalue weighted by Crippen LogP contribution is -2.25. The van der Waals surface area contributed by atoms with E-state index in [1.807, 2.05) is 37.3 Å². The Morgan fingerprint density at radius 2 is 2.07 bits per heavy atom. The van der Waals surface area contributed by atoms with E-state index in [1.165, 1.54) is 16.2 Å². The van der Waals surface area contributed by atoms with Crippen LogP contribution in [0.25, 0.3) is 0 Å². The van der Waals surface area contributed by atoms with Crippen LogP contribution in [-0.4, -0.2) is 21.9 Å². The van der Waals surface area contributed by atoms with Crippen LogP contribution in [0.1, 0.15) is 32.7 Å². The Labute approximate surface area is 169 Å². The number of benzene rings is 1. The summed E-state index contributed by atoms with van der Waals surface area (Å²) in [5.74, 6) is 0.374. The zero-order chi connectivity index (χ0) is 20.2. The third-order valence-electron chi connectivity index (χ3n) is 5.06. The van der Waals surface area contributed by atoms with E-state index >= 15 is 0 Å². The molecule has 148 valence electrons. The normalized spacial score (nSPS) is 13.0. The second kappa shape index (κ2) is 8.41. The van der Waals surface area contributed by atoms with Crippen molar-refractivity contribution in [2.24, 2.45) is 0 Å². The Balaban J connectivity index is 1.42. The van der Waals surface area contributed by atoms with Gasteiger partial charge in [0.15, 0.2) is 5.78 Å². The lowest BCUT2D eigenvalue weighted by atomic mass is 9.97. The Morgan fingerprint density at radius 1 is 1.17 bits per heavy atom. The number of fused-ring (bicyclic) bond motifs is 1. The summed E-state index contributed by atoms with van der Waals surface area (Å²) >= 11 is 0. The maximum absolute atomic E-state index is 12.7. The summed E-state index contributed by atoms with van der Waals surface area (Å²) < 4.78 is 7.05. The van der Waals surface area contributed by atoms with Crippen LogP contribution in [-0.2, 0) is 26.1 Å². The maximum Gasteiger partial charge on any atom is 0.254 e. The number of hydrogen-bond acceptors (Lipinski definition) is 5. The molecule has 0 atom stereocenters. The van der Waals surface area contributed by atoms with E-state index in [0.29, 0.717) is 11.3 Å². The lowest BCUT2D eigenvalue weighted by molar-refractivity contribution is 0.0970. The van der Waals surface area contributed by atoms with Gasteiger partial charge in [-0.05, 0) is 54.8 Å². The summed E-state index contributed by atoms with van der Waals surface area (Å²) in [5.41, 5.74) is 4.66. The topological polar surface area (TPSA) is 73.2 Å². The van der Waals surface area contributed by atoms with E-state index in [0.717, 1.165) is 36.3 Å². The summed E-state index contributed by atoms with van der Waals surface area (Å²) in [6.07, 6.45) is 4.35. The van der Waals surface area contributed by atoms with Gasteiger partial charge in [-0.2, -0.15) is 0 Å². The Kier molecular flexibility index (Phi) is 5.53.